The number of Topliss-reactive ketones (excluding diaryl/α,β-unsaturated/α-hetero) is 1. The number of hydrogen-bond donors (Lipinski definition) is 1. The molecule has 0 bridgehead atoms. The number of fused-ring (bicyclic) bond motifs is 7. The van der Waals surface area contributed by atoms with Crippen LogP contribution in [0.4, 0.5) is 0 Å². The third-order valence-corrected chi connectivity index (χ3v) is 12.9. The standard InChI is InChI=1S/C31H45NO5/c1-26(2)22-9-10-31(7)23(29(22,5)17-20(32-36)24(26)34)21(33)15-18-19-16-28(4,25(35)37-8)12-11-27(19,3)13-14-30(18,31)6/h15,19,22-23,36H,9-14,16-17H2,1-8H3/b32-20+/t19-,22-,23+,27+,28-,29-,30+,31+/m0/s1. The number of hydrogen-bond acceptors (Lipinski definition) is 6. The SMILES string of the molecule is COC(=O)[C@@]1(C)CC[C@]2(C)CC[C@]3(C)C(=CC(=O)[C@@H]4[C@@]5(C)C/C(=N\O)C(=O)C(C)(C)[C@@H]5CC[C@]43C)[C@@H]2C1. The Bertz CT molecular complexity index is 1140. The number of oxime groups is 1. The van der Waals surface area contributed by atoms with Gasteiger partial charge in [0.2, 0.25) is 0 Å². The van der Waals surface area contributed by atoms with Gasteiger partial charge in [0, 0.05) is 17.8 Å². The van der Waals surface area contributed by atoms with Crippen LogP contribution in [0.3, 0.4) is 0 Å². The molecule has 0 unspecified atom stereocenters. The number of ether oxygens (including phenoxy) is 1. The van der Waals surface area contributed by atoms with Crippen LogP contribution in [0.1, 0.15) is 99.8 Å². The Kier molecular flexibility index (Phi) is 5.60. The van der Waals surface area contributed by atoms with E-state index in [1.165, 1.54) is 12.7 Å². The van der Waals surface area contributed by atoms with Crippen molar-refractivity contribution in [2.24, 2.45) is 55.4 Å². The largest absolute Gasteiger partial charge is 0.469 e. The van der Waals surface area contributed by atoms with E-state index in [-0.39, 0.29) is 57.2 Å². The Balaban J connectivity index is 1.64. The Hall–Kier alpha value is -1.98. The molecule has 37 heavy (non-hydrogen) atoms. The fraction of sp³-hybridized carbons (Fsp3) is 0.806. The molecule has 0 radical (unpaired) electrons. The second-order valence-corrected chi connectivity index (χ2v) is 15.0. The van der Waals surface area contributed by atoms with Crippen molar-refractivity contribution in [3.8, 4) is 0 Å². The van der Waals surface area contributed by atoms with E-state index in [1.54, 1.807) is 0 Å². The Morgan fingerprint density at radius 1 is 1.00 bits per heavy atom. The normalized spacial score (nSPS) is 49.8. The lowest BCUT2D eigenvalue weighted by molar-refractivity contribution is -0.180. The van der Waals surface area contributed by atoms with Gasteiger partial charge in [-0.25, -0.2) is 0 Å². The molecule has 0 aromatic heterocycles. The second-order valence-electron chi connectivity index (χ2n) is 15.0. The first-order valence-electron chi connectivity index (χ1n) is 14.1. The molecule has 8 atom stereocenters. The average Bonchev–Trinajstić information content (AvgIpc) is 2.83. The zero-order valence-corrected chi connectivity index (χ0v) is 24.0. The lowest BCUT2D eigenvalue weighted by Crippen LogP contribution is -2.67. The topological polar surface area (TPSA) is 93.0 Å². The van der Waals surface area contributed by atoms with Crippen LogP contribution in [-0.4, -0.2) is 35.6 Å². The van der Waals surface area contributed by atoms with Crippen molar-refractivity contribution >= 4 is 23.2 Å². The molecule has 0 heterocycles. The lowest BCUT2D eigenvalue weighted by atomic mass is 9.33. The summed E-state index contributed by atoms with van der Waals surface area (Å²) in [4.78, 5) is 40.4. The highest BCUT2D eigenvalue weighted by Crippen LogP contribution is 2.74. The van der Waals surface area contributed by atoms with Crippen LogP contribution in [0, 0.1) is 50.2 Å². The highest BCUT2D eigenvalue weighted by molar-refractivity contribution is 6.42. The maximum absolute atomic E-state index is 14.4. The van der Waals surface area contributed by atoms with Crippen molar-refractivity contribution in [2.75, 3.05) is 7.11 Å². The molecule has 4 fully saturated rings. The van der Waals surface area contributed by atoms with Crippen molar-refractivity contribution in [2.45, 2.75) is 99.8 Å². The van der Waals surface area contributed by atoms with Gasteiger partial charge in [-0.2, -0.15) is 0 Å². The van der Waals surface area contributed by atoms with E-state index in [4.69, 9.17) is 4.74 Å². The van der Waals surface area contributed by atoms with E-state index < -0.39 is 16.2 Å². The molecular weight excluding hydrogens is 466 g/mol. The Labute approximate surface area is 221 Å². The van der Waals surface area contributed by atoms with Crippen molar-refractivity contribution in [3.05, 3.63) is 11.6 Å². The van der Waals surface area contributed by atoms with Crippen LogP contribution in [-0.2, 0) is 19.1 Å². The molecule has 0 amide bonds. The molecule has 5 aliphatic carbocycles. The van der Waals surface area contributed by atoms with Gasteiger partial charge in [0.25, 0.3) is 0 Å². The van der Waals surface area contributed by atoms with Gasteiger partial charge in [-0.05, 0) is 91.4 Å². The highest BCUT2D eigenvalue weighted by atomic mass is 16.5. The second kappa shape index (κ2) is 7.79. The molecule has 4 saturated carbocycles. The summed E-state index contributed by atoms with van der Waals surface area (Å²) in [7, 11) is 1.47. The van der Waals surface area contributed by atoms with Gasteiger partial charge in [0.05, 0.1) is 12.5 Å². The summed E-state index contributed by atoms with van der Waals surface area (Å²) in [6, 6.07) is 0. The third kappa shape index (κ3) is 3.16. The number of carbonyl (C=O) groups is 3. The van der Waals surface area contributed by atoms with Gasteiger partial charge in [0.1, 0.15) is 5.71 Å². The van der Waals surface area contributed by atoms with E-state index >= 15 is 0 Å². The predicted octanol–water partition coefficient (Wildman–Crippen LogP) is 6.15. The average molecular weight is 512 g/mol. The Morgan fingerprint density at radius 3 is 2.27 bits per heavy atom. The first-order chi connectivity index (χ1) is 17.0. The Morgan fingerprint density at radius 2 is 1.65 bits per heavy atom. The minimum Gasteiger partial charge on any atom is -0.469 e. The monoisotopic (exact) mass is 511 g/mol. The quantitative estimate of drug-likeness (QED) is 0.259. The summed E-state index contributed by atoms with van der Waals surface area (Å²) < 4.78 is 5.23. The predicted molar refractivity (Wildman–Crippen MR) is 141 cm³/mol. The van der Waals surface area contributed by atoms with E-state index in [1.807, 2.05) is 26.8 Å². The van der Waals surface area contributed by atoms with Crippen LogP contribution < -0.4 is 0 Å². The van der Waals surface area contributed by atoms with Crippen molar-refractivity contribution in [1.82, 2.24) is 0 Å². The maximum atomic E-state index is 14.4. The fourth-order valence-electron chi connectivity index (χ4n) is 10.5. The molecular formula is C31H45NO5. The maximum Gasteiger partial charge on any atom is 0.311 e. The molecule has 0 aromatic carbocycles. The van der Waals surface area contributed by atoms with E-state index in [0.29, 0.717) is 12.8 Å². The molecule has 204 valence electrons. The molecule has 0 spiro atoms. The zero-order chi connectivity index (χ0) is 27.4. The summed E-state index contributed by atoms with van der Waals surface area (Å²) in [5.74, 6) is -0.132. The third-order valence-electron chi connectivity index (χ3n) is 12.9. The lowest BCUT2D eigenvalue weighted by Gasteiger charge is -2.69. The molecule has 5 rings (SSSR count). The number of carbonyl (C=O) groups excluding carboxylic acids is 3. The number of nitrogens with zero attached hydrogens (tertiary/aromatic N) is 1. The minimum absolute atomic E-state index is 0.0460. The van der Waals surface area contributed by atoms with E-state index in [2.05, 4.69) is 32.9 Å². The van der Waals surface area contributed by atoms with E-state index in [0.717, 1.165) is 38.5 Å². The first-order valence-corrected chi connectivity index (χ1v) is 14.1. The summed E-state index contributed by atoms with van der Waals surface area (Å²) >= 11 is 0. The molecule has 6 heteroatoms. The summed E-state index contributed by atoms with van der Waals surface area (Å²) in [6.45, 7) is 15.2. The van der Waals surface area contributed by atoms with Gasteiger partial charge in [0.15, 0.2) is 11.6 Å². The number of ketones is 2. The van der Waals surface area contributed by atoms with Gasteiger partial charge < -0.3 is 9.94 Å². The molecule has 1 N–H and O–H groups in total. The van der Waals surface area contributed by atoms with Crippen LogP contribution >= 0.6 is 0 Å². The van der Waals surface area contributed by atoms with Gasteiger partial charge in [-0.15, -0.1) is 0 Å². The van der Waals surface area contributed by atoms with Crippen LogP contribution in [0.25, 0.3) is 0 Å². The fourth-order valence-corrected chi connectivity index (χ4v) is 10.5. The molecule has 5 aliphatic rings. The zero-order valence-electron chi connectivity index (χ0n) is 24.0. The number of allylic oxidation sites excluding steroid dienone is 2. The van der Waals surface area contributed by atoms with Gasteiger partial charge in [-0.3, -0.25) is 14.4 Å². The van der Waals surface area contributed by atoms with Crippen molar-refractivity contribution in [3.63, 3.8) is 0 Å². The highest BCUT2D eigenvalue weighted by Gasteiger charge is 2.71. The molecule has 0 aliphatic heterocycles. The number of esters is 1. The number of rotatable bonds is 1. The molecule has 6 nitrogen and oxygen atoms in total. The minimum atomic E-state index is -0.683. The van der Waals surface area contributed by atoms with Gasteiger partial charge in [-0.1, -0.05) is 52.3 Å². The molecule has 0 aromatic rings. The smallest absolute Gasteiger partial charge is 0.311 e. The summed E-state index contributed by atoms with van der Waals surface area (Å²) in [5.41, 5.74) is -0.638. The van der Waals surface area contributed by atoms with E-state index in [9.17, 15) is 19.6 Å². The summed E-state index contributed by atoms with van der Waals surface area (Å²) in [6.07, 6.45) is 8.64. The summed E-state index contributed by atoms with van der Waals surface area (Å²) in [5, 5.41) is 13.2. The van der Waals surface area contributed by atoms with Gasteiger partial charge >= 0.3 is 5.97 Å². The van der Waals surface area contributed by atoms with Crippen molar-refractivity contribution < 1.29 is 24.3 Å². The molecule has 0 saturated heterocycles. The van der Waals surface area contributed by atoms with Crippen molar-refractivity contribution in [1.29, 1.82) is 0 Å². The van der Waals surface area contributed by atoms with Crippen LogP contribution in [0.2, 0.25) is 0 Å². The van der Waals surface area contributed by atoms with Crippen LogP contribution in [0.5, 0.6) is 0 Å². The number of methoxy groups -OCH3 is 1. The van der Waals surface area contributed by atoms with Crippen LogP contribution in [0.15, 0.2) is 16.8 Å². The first kappa shape index (κ1) is 26.6.